The number of ether oxygens (including phenoxy) is 1. The Bertz CT molecular complexity index is 499. The minimum Gasteiger partial charge on any atom is -0.375 e. The van der Waals surface area contributed by atoms with Crippen LogP contribution in [0.1, 0.15) is 31.0 Å². The molecule has 1 aliphatic rings. The molecule has 21 heavy (non-hydrogen) atoms. The third-order valence-electron chi connectivity index (χ3n) is 3.64. The van der Waals surface area contributed by atoms with Gasteiger partial charge < -0.3 is 15.4 Å². The molecule has 1 saturated heterocycles. The number of hydrogen-bond acceptors (Lipinski definition) is 3. The summed E-state index contributed by atoms with van der Waals surface area (Å²) >= 11 is 0. The summed E-state index contributed by atoms with van der Waals surface area (Å²) in [5.41, 5.74) is 1.47. The molecule has 1 heterocycles. The Kier molecular flexibility index (Phi) is 6.58. The molecule has 0 spiro atoms. The fraction of sp³-hybridized carbons (Fsp3) is 0.533. The van der Waals surface area contributed by atoms with Crippen LogP contribution >= 0.6 is 12.4 Å². The van der Waals surface area contributed by atoms with Crippen LogP contribution in [0.4, 0.5) is 4.39 Å². The van der Waals surface area contributed by atoms with Crippen LogP contribution in [0.2, 0.25) is 0 Å². The quantitative estimate of drug-likeness (QED) is 0.898. The van der Waals surface area contributed by atoms with Crippen LogP contribution in [0.15, 0.2) is 18.2 Å². The van der Waals surface area contributed by atoms with Crippen LogP contribution in [0.5, 0.6) is 0 Å². The van der Waals surface area contributed by atoms with E-state index in [4.69, 9.17) is 4.74 Å². The van der Waals surface area contributed by atoms with E-state index in [1.54, 1.807) is 19.1 Å². The van der Waals surface area contributed by atoms with Crippen molar-refractivity contribution in [1.29, 1.82) is 0 Å². The van der Waals surface area contributed by atoms with Crippen LogP contribution < -0.4 is 10.6 Å². The second kappa shape index (κ2) is 7.73. The average Bonchev–Trinajstić information content (AvgIpc) is 2.42. The van der Waals surface area contributed by atoms with Gasteiger partial charge in [0, 0.05) is 6.54 Å². The lowest BCUT2D eigenvalue weighted by atomic mass is 10.0. The summed E-state index contributed by atoms with van der Waals surface area (Å²) in [6, 6.07) is 4.37. The van der Waals surface area contributed by atoms with E-state index in [1.807, 2.05) is 13.8 Å². The minimum absolute atomic E-state index is 0. The Balaban J connectivity index is 0.00000220. The predicted molar refractivity (Wildman–Crippen MR) is 82.1 cm³/mol. The van der Waals surface area contributed by atoms with Crippen molar-refractivity contribution in [3.05, 3.63) is 35.1 Å². The lowest BCUT2D eigenvalue weighted by molar-refractivity contribution is -0.129. The molecule has 0 bridgehead atoms. The fourth-order valence-corrected chi connectivity index (χ4v) is 2.35. The van der Waals surface area contributed by atoms with Crippen LogP contribution in [0, 0.1) is 12.7 Å². The second-order valence-corrected chi connectivity index (χ2v) is 5.25. The molecular weight excluding hydrogens is 295 g/mol. The average molecular weight is 317 g/mol. The third kappa shape index (κ3) is 4.40. The molecule has 3 atom stereocenters. The maximum atomic E-state index is 13.3. The first-order valence-corrected chi connectivity index (χ1v) is 6.90. The van der Waals surface area contributed by atoms with Gasteiger partial charge in [0.2, 0.25) is 5.91 Å². The zero-order chi connectivity index (χ0) is 14.7. The van der Waals surface area contributed by atoms with Crippen molar-refractivity contribution < 1.29 is 13.9 Å². The maximum Gasteiger partial charge on any atom is 0.240 e. The predicted octanol–water partition coefficient (Wildman–Crippen LogP) is 2.11. The van der Waals surface area contributed by atoms with E-state index in [-0.39, 0.29) is 42.3 Å². The van der Waals surface area contributed by atoms with E-state index >= 15 is 0 Å². The molecule has 2 N–H and O–H groups in total. The summed E-state index contributed by atoms with van der Waals surface area (Å²) in [6.07, 6.45) is -0.147. The van der Waals surface area contributed by atoms with E-state index in [9.17, 15) is 9.18 Å². The standard InChI is InChI=1S/C15H21FN2O2.ClH/c1-9-8-12(4-5-13(9)16)10(2)18-15(19)14-11(3)20-7-6-17-14;/h4-5,8,10-11,14,17H,6-7H2,1-3H3,(H,18,19);1H/t10?,11-,14+;/m1./s1. The number of hydrogen-bond donors (Lipinski definition) is 2. The molecule has 0 radical (unpaired) electrons. The SMILES string of the molecule is Cc1cc(C(C)NC(=O)[C@H]2NCCO[C@@H]2C)ccc1F.Cl. The summed E-state index contributed by atoms with van der Waals surface area (Å²) in [4.78, 5) is 12.2. The zero-order valence-electron chi connectivity index (χ0n) is 12.5. The molecule has 4 nitrogen and oxygen atoms in total. The zero-order valence-corrected chi connectivity index (χ0v) is 13.3. The highest BCUT2D eigenvalue weighted by molar-refractivity contribution is 5.85. The Morgan fingerprint density at radius 1 is 1.52 bits per heavy atom. The van der Waals surface area contributed by atoms with Crippen molar-refractivity contribution in [3.8, 4) is 0 Å². The van der Waals surface area contributed by atoms with Crippen molar-refractivity contribution in [3.63, 3.8) is 0 Å². The summed E-state index contributed by atoms with van der Waals surface area (Å²) in [6.45, 7) is 6.78. The van der Waals surface area contributed by atoms with Gasteiger partial charge in [-0.15, -0.1) is 12.4 Å². The lowest BCUT2D eigenvalue weighted by Crippen LogP contribution is -2.55. The summed E-state index contributed by atoms with van der Waals surface area (Å²) in [7, 11) is 0. The molecule has 0 aliphatic carbocycles. The van der Waals surface area contributed by atoms with E-state index in [0.29, 0.717) is 18.7 Å². The third-order valence-corrected chi connectivity index (χ3v) is 3.64. The van der Waals surface area contributed by atoms with Gasteiger partial charge in [-0.2, -0.15) is 0 Å². The fourth-order valence-electron chi connectivity index (χ4n) is 2.35. The van der Waals surface area contributed by atoms with Gasteiger partial charge in [0.25, 0.3) is 0 Å². The van der Waals surface area contributed by atoms with Gasteiger partial charge in [-0.1, -0.05) is 12.1 Å². The van der Waals surface area contributed by atoms with E-state index in [1.165, 1.54) is 6.07 Å². The molecule has 1 fully saturated rings. The topological polar surface area (TPSA) is 50.4 Å². The summed E-state index contributed by atoms with van der Waals surface area (Å²) in [5, 5.41) is 6.09. The molecule has 1 unspecified atom stereocenters. The first-order valence-electron chi connectivity index (χ1n) is 6.90. The Hall–Kier alpha value is -1.17. The molecule has 1 aromatic rings. The molecule has 1 amide bonds. The molecule has 2 rings (SSSR count). The first-order chi connectivity index (χ1) is 9.49. The largest absolute Gasteiger partial charge is 0.375 e. The molecule has 0 saturated carbocycles. The smallest absolute Gasteiger partial charge is 0.240 e. The van der Waals surface area contributed by atoms with Crippen LogP contribution in [-0.4, -0.2) is 31.2 Å². The number of amides is 1. The monoisotopic (exact) mass is 316 g/mol. The van der Waals surface area contributed by atoms with Crippen molar-refractivity contribution in [2.75, 3.05) is 13.2 Å². The Labute approximate surface area is 130 Å². The van der Waals surface area contributed by atoms with Gasteiger partial charge in [0.1, 0.15) is 11.9 Å². The normalized spacial score (nSPS) is 23.0. The number of halogens is 2. The van der Waals surface area contributed by atoms with Gasteiger partial charge in [-0.05, 0) is 38.0 Å². The van der Waals surface area contributed by atoms with Crippen molar-refractivity contribution in [1.82, 2.24) is 10.6 Å². The van der Waals surface area contributed by atoms with Crippen molar-refractivity contribution in [2.45, 2.75) is 39.0 Å². The van der Waals surface area contributed by atoms with E-state index in [2.05, 4.69) is 10.6 Å². The van der Waals surface area contributed by atoms with Crippen LogP contribution in [-0.2, 0) is 9.53 Å². The van der Waals surface area contributed by atoms with Gasteiger partial charge in [0.15, 0.2) is 0 Å². The van der Waals surface area contributed by atoms with E-state index in [0.717, 1.165) is 5.56 Å². The van der Waals surface area contributed by atoms with Gasteiger partial charge in [0.05, 0.1) is 18.8 Å². The number of carbonyl (C=O) groups is 1. The lowest BCUT2D eigenvalue weighted by Gasteiger charge is -2.30. The van der Waals surface area contributed by atoms with Gasteiger partial charge in [-0.25, -0.2) is 4.39 Å². The number of carbonyl (C=O) groups excluding carboxylic acids is 1. The number of benzene rings is 1. The highest BCUT2D eigenvalue weighted by Crippen LogP contribution is 2.17. The first kappa shape index (κ1) is 17.9. The second-order valence-electron chi connectivity index (χ2n) is 5.25. The maximum absolute atomic E-state index is 13.3. The van der Waals surface area contributed by atoms with Crippen LogP contribution in [0.25, 0.3) is 0 Å². The molecule has 0 aromatic heterocycles. The highest BCUT2D eigenvalue weighted by atomic mass is 35.5. The van der Waals surface area contributed by atoms with Crippen molar-refractivity contribution >= 4 is 18.3 Å². The molecular formula is C15H22ClFN2O2. The summed E-state index contributed by atoms with van der Waals surface area (Å²) in [5.74, 6) is -0.324. The van der Waals surface area contributed by atoms with Gasteiger partial charge >= 0.3 is 0 Å². The summed E-state index contributed by atoms with van der Waals surface area (Å²) < 4.78 is 18.7. The minimum atomic E-state index is -0.340. The number of nitrogens with one attached hydrogen (secondary N) is 2. The number of morpholine rings is 1. The Morgan fingerprint density at radius 3 is 2.86 bits per heavy atom. The molecule has 6 heteroatoms. The van der Waals surface area contributed by atoms with Crippen LogP contribution in [0.3, 0.4) is 0 Å². The Morgan fingerprint density at radius 2 is 2.24 bits per heavy atom. The van der Waals surface area contributed by atoms with Gasteiger partial charge in [-0.3, -0.25) is 4.79 Å². The van der Waals surface area contributed by atoms with E-state index < -0.39 is 0 Å². The van der Waals surface area contributed by atoms with Crippen molar-refractivity contribution in [2.24, 2.45) is 0 Å². The number of aryl methyl sites for hydroxylation is 1. The number of rotatable bonds is 3. The molecule has 1 aliphatic heterocycles. The molecule has 1 aromatic carbocycles. The highest BCUT2D eigenvalue weighted by Gasteiger charge is 2.29. The molecule has 118 valence electrons.